The van der Waals surface area contributed by atoms with Gasteiger partial charge in [-0.2, -0.15) is 0 Å². The first-order chi connectivity index (χ1) is 18.5. The number of thiophene rings is 1. The molecule has 0 saturated carbocycles. The van der Waals surface area contributed by atoms with Crippen LogP contribution in [0.1, 0.15) is 42.0 Å². The Bertz CT molecular complexity index is 1470. The molecule has 194 valence electrons. The van der Waals surface area contributed by atoms with Crippen LogP contribution in [0.3, 0.4) is 0 Å². The zero-order valence-corrected chi connectivity index (χ0v) is 21.3. The van der Waals surface area contributed by atoms with Gasteiger partial charge >= 0.3 is 5.97 Å². The molecule has 0 N–H and O–H groups in total. The van der Waals surface area contributed by atoms with Crippen molar-refractivity contribution in [2.45, 2.75) is 31.6 Å². The molecule has 0 saturated heterocycles. The van der Waals surface area contributed by atoms with Crippen LogP contribution in [0.15, 0.2) is 71.2 Å². The number of hydrogen-bond acceptors (Lipinski definition) is 7. The Morgan fingerprint density at radius 2 is 1.89 bits per heavy atom. The second-order valence-corrected chi connectivity index (χ2v) is 10.3. The Hall–Kier alpha value is -3.98. The predicted octanol–water partition coefficient (Wildman–Crippen LogP) is 5.33. The highest BCUT2D eigenvalue weighted by Crippen LogP contribution is 2.51. The van der Waals surface area contributed by atoms with Crippen LogP contribution in [-0.4, -0.2) is 31.1 Å². The molecular weight excluding hydrogens is 509 g/mol. The number of anilines is 1. The van der Waals surface area contributed by atoms with E-state index in [0.29, 0.717) is 28.3 Å². The number of amides is 1. The van der Waals surface area contributed by atoms with E-state index in [1.165, 1.54) is 28.4 Å². The van der Waals surface area contributed by atoms with Crippen molar-refractivity contribution >= 4 is 34.7 Å². The van der Waals surface area contributed by atoms with Crippen molar-refractivity contribution in [1.82, 2.24) is 0 Å². The minimum atomic E-state index is -1.07. The third kappa shape index (κ3) is 3.98. The summed E-state index contributed by atoms with van der Waals surface area (Å²) < 4.78 is 31.4. The minimum absolute atomic E-state index is 0.0717. The maximum absolute atomic E-state index is 15.0. The van der Waals surface area contributed by atoms with Gasteiger partial charge in [-0.15, -0.1) is 11.3 Å². The summed E-state index contributed by atoms with van der Waals surface area (Å²) in [7, 11) is 0. The number of halogens is 1. The van der Waals surface area contributed by atoms with E-state index in [-0.39, 0.29) is 37.8 Å². The maximum Gasteiger partial charge on any atom is 0.317 e. The number of esters is 1. The van der Waals surface area contributed by atoms with Gasteiger partial charge in [0, 0.05) is 34.4 Å². The van der Waals surface area contributed by atoms with Gasteiger partial charge in [-0.05, 0) is 54.6 Å². The highest BCUT2D eigenvalue weighted by Gasteiger charge is 2.50. The number of rotatable bonds is 5. The molecule has 6 rings (SSSR count). The molecule has 0 unspecified atom stereocenters. The molecule has 1 amide bonds. The summed E-state index contributed by atoms with van der Waals surface area (Å²) in [4.78, 5) is 43.4. The number of benzene rings is 2. The molecule has 0 spiro atoms. The van der Waals surface area contributed by atoms with E-state index < -0.39 is 35.3 Å². The van der Waals surface area contributed by atoms with Gasteiger partial charge < -0.3 is 14.2 Å². The second kappa shape index (κ2) is 9.72. The van der Waals surface area contributed by atoms with Gasteiger partial charge in [0.2, 0.25) is 12.7 Å². The Morgan fingerprint density at radius 1 is 1.08 bits per heavy atom. The van der Waals surface area contributed by atoms with Crippen molar-refractivity contribution in [2.75, 3.05) is 18.3 Å². The molecule has 9 heteroatoms. The summed E-state index contributed by atoms with van der Waals surface area (Å²) >= 11 is 1.43. The quantitative estimate of drug-likeness (QED) is 0.326. The molecule has 3 heterocycles. The lowest BCUT2D eigenvalue weighted by Gasteiger charge is -2.42. The Balaban J connectivity index is 1.55. The summed E-state index contributed by atoms with van der Waals surface area (Å²) in [5.41, 5.74) is 1.52. The third-order valence-electron chi connectivity index (χ3n) is 7.26. The van der Waals surface area contributed by atoms with Crippen LogP contribution < -0.4 is 14.4 Å². The van der Waals surface area contributed by atoms with Crippen molar-refractivity contribution in [3.05, 3.63) is 87.5 Å². The van der Waals surface area contributed by atoms with Crippen molar-refractivity contribution in [1.29, 1.82) is 0 Å². The molecule has 3 aromatic rings. The fraction of sp³-hybridized carbons (Fsp3) is 0.276. The number of ether oxygens (including phenoxy) is 3. The van der Waals surface area contributed by atoms with Crippen LogP contribution in [-0.2, 0) is 19.1 Å². The molecular formula is C29H24FNO6S. The van der Waals surface area contributed by atoms with E-state index in [1.807, 2.05) is 17.5 Å². The van der Waals surface area contributed by atoms with Crippen LogP contribution in [0.5, 0.6) is 11.5 Å². The van der Waals surface area contributed by atoms with Crippen LogP contribution in [0.25, 0.3) is 0 Å². The number of Topliss-reactive ketones (excluding diaryl/α,β-unsaturated/α-hetero) is 1. The number of carbonyl (C=O) groups is 3. The summed E-state index contributed by atoms with van der Waals surface area (Å²) in [6.45, 7) is 1.92. The largest absolute Gasteiger partial charge is 0.465 e. The zero-order chi connectivity index (χ0) is 26.4. The number of hydrogen-bond donors (Lipinski definition) is 0. The number of carbonyl (C=O) groups excluding carboxylic acids is 3. The molecule has 3 aliphatic rings. The van der Waals surface area contributed by atoms with E-state index in [0.717, 1.165) is 4.88 Å². The molecule has 1 aromatic heterocycles. The monoisotopic (exact) mass is 533 g/mol. The summed E-state index contributed by atoms with van der Waals surface area (Å²) in [5.74, 6) is -3.04. The standard InChI is InChI=1S/C29H24FNO6S/c1-2-35-29(34)27-18(24-8-5-11-38-24)13-21-26(28(27)33)17(16-9-10-22-23(12-16)37-15-36-22)14-25(32)31(21)20-7-4-3-6-19(20)30/h3-12,17-18,27H,2,13-15H2,1H3/t17-,18-,27+/m1/s1. The maximum atomic E-state index is 15.0. The predicted molar refractivity (Wildman–Crippen MR) is 138 cm³/mol. The van der Waals surface area contributed by atoms with Crippen molar-refractivity contribution < 1.29 is 33.0 Å². The molecule has 2 aliphatic heterocycles. The first kappa shape index (κ1) is 24.4. The molecule has 1 aliphatic carbocycles. The number of para-hydroxylation sites is 1. The van der Waals surface area contributed by atoms with E-state index >= 15 is 4.39 Å². The van der Waals surface area contributed by atoms with Crippen LogP contribution >= 0.6 is 11.3 Å². The highest BCUT2D eigenvalue weighted by atomic mass is 32.1. The molecule has 7 nitrogen and oxygen atoms in total. The summed E-state index contributed by atoms with van der Waals surface area (Å²) in [5, 5.41) is 1.88. The van der Waals surface area contributed by atoms with Gasteiger partial charge in [0.1, 0.15) is 11.7 Å². The number of ketones is 1. The highest BCUT2D eigenvalue weighted by molar-refractivity contribution is 7.10. The van der Waals surface area contributed by atoms with Gasteiger partial charge in [-0.25, -0.2) is 4.39 Å². The minimum Gasteiger partial charge on any atom is -0.465 e. The third-order valence-corrected chi connectivity index (χ3v) is 8.27. The van der Waals surface area contributed by atoms with Gasteiger partial charge in [0.25, 0.3) is 0 Å². The zero-order valence-electron chi connectivity index (χ0n) is 20.5. The van der Waals surface area contributed by atoms with Crippen molar-refractivity contribution in [3.8, 4) is 11.5 Å². The molecule has 0 fully saturated rings. The normalized spacial score (nSPS) is 22.5. The second-order valence-electron chi connectivity index (χ2n) is 9.33. The Labute approximate surface area is 222 Å². The SMILES string of the molecule is CCOC(=O)[C@@H]1C(=O)C2=C(C[C@@H]1c1cccs1)N(c1ccccc1F)C(=O)C[C@@H]2c1ccc2c(c1)OCO2. The number of fused-ring (bicyclic) bond motifs is 1. The van der Waals surface area contributed by atoms with E-state index in [1.54, 1.807) is 37.3 Å². The lowest BCUT2D eigenvalue weighted by Crippen LogP contribution is -2.46. The Kier molecular flexibility index (Phi) is 6.23. The molecule has 0 bridgehead atoms. The Morgan fingerprint density at radius 3 is 2.66 bits per heavy atom. The van der Waals surface area contributed by atoms with E-state index in [2.05, 4.69) is 0 Å². The number of nitrogens with zero attached hydrogens (tertiary/aromatic N) is 1. The first-order valence-corrected chi connectivity index (χ1v) is 13.3. The van der Waals surface area contributed by atoms with Gasteiger partial charge in [-0.3, -0.25) is 19.3 Å². The van der Waals surface area contributed by atoms with Crippen molar-refractivity contribution in [2.24, 2.45) is 5.92 Å². The lowest BCUT2D eigenvalue weighted by atomic mass is 9.69. The average molecular weight is 534 g/mol. The molecule has 3 atom stereocenters. The summed E-state index contributed by atoms with van der Waals surface area (Å²) in [6.07, 6.45) is 0.129. The van der Waals surface area contributed by atoms with Crippen LogP contribution in [0, 0.1) is 11.7 Å². The van der Waals surface area contributed by atoms with E-state index in [9.17, 15) is 14.4 Å². The molecule has 0 radical (unpaired) electrons. The summed E-state index contributed by atoms with van der Waals surface area (Å²) in [6, 6.07) is 15.1. The first-order valence-electron chi connectivity index (χ1n) is 12.4. The molecule has 38 heavy (non-hydrogen) atoms. The smallest absolute Gasteiger partial charge is 0.317 e. The number of allylic oxidation sites excluding steroid dienone is 2. The van der Waals surface area contributed by atoms with Gasteiger partial charge in [0.05, 0.1) is 12.3 Å². The van der Waals surface area contributed by atoms with Crippen LogP contribution in [0.4, 0.5) is 10.1 Å². The van der Waals surface area contributed by atoms with Crippen molar-refractivity contribution in [3.63, 3.8) is 0 Å². The van der Waals surface area contributed by atoms with Gasteiger partial charge in [0.15, 0.2) is 17.3 Å². The average Bonchev–Trinajstić information content (AvgIpc) is 3.61. The van der Waals surface area contributed by atoms with Gasteiger partial charge in [-0.1, -0.05) is 24.3 Å². The fourth-order valence-corrected chi connectivity index (χ4v) is 6.49. The lowest BCUT2D eigenvalue weighted by molar-refractivity contribution is -0.152. The van der Waals surface area contributed by atoms with Crippen LogP contribution in [0.2, 0.25) is 0 Å². The topological polar surface area (TPSA) is 82.1 Å². The fourth-order valence-electron chi connectivity index (χ4n) is 5.63. The molecule has 2 aromatic carbocycles. The van der Waals surface area contributed by atoms with E-state index in [4.69, 9.17) is 14.2 Å².